The number of carbonyl (C=O) groups is 2. The summed E-state index contributed by atoms with van der Waals surface area (Å²) in [5.41, 5.74) is 7.29. The van der Waals surface area contributed by atoms with Crippen LogP contribution in [0.3, 0.4) is 0 Å². The van der Waals surface area contributed by atoms with E-state index in [1.165, 1.54) is 0 Å². The van der Waals surface area contributed by atoms with E-state index in [-0.39, 0.29) is 12.1 Å². The Morgan fingerprint density at radius 3 is 2.52 bits per heavy atom. The summed E-state index contributed by atoms with van der Waals surface area (Å²) in [6.07, 6.45) is 3.16. The number of nitrogens with two attached hydrogens (primary N) is 1. The SMILES string of the molecule is CC[C@H](C)[C@@H](C)N(C(=O)Nc1cc(C(N)=O)ccc1C)C1CC1. The zero-order valence-corrected chi connectivity index (χ0v) is 14.4. The average Bonchev–Trinajstić information content (AvgIpc) is 3.33. The van der Waals surface area contributed by atoms with Crippen LogP contribution in [0.5, 0.6) is 0 Å². The molecule has 23 heavy (non-hydrogen) atoms. The van der Waals surface area contributed by atoms with Gasteiger partial charge in [-0.2, -0.15) is 0 Å². The number of primary amides is 1. The number of amides is 3. The molecule has 1 aliphatic carbocycles. The summed E-state index contributed by atoms with van der Waals surface area (Å²) in [7, 11) is 0. The Labute approximate surface area is 138 Å². The molecule has 1 saturated carbocycles. The summed E-state index contributed by atoms with van der Waals surface area (Å²) in [4.78, 5) is 26.1. The van der Waals surface area contributed by atoms with E-state index in [0.29, 0.717) is 23.2 Å². The second kappa shape index (κ2) is 7.02. The Bertz CT molecular complexity index is 596. The Hall–Kier alpha value is -2.04. The predicted molar refractivity (Wildman–Crippen MR) is 92.5 cm³/mol. The zero-order valence-electron chi connectivity index (χ0n) is 14.4. The fraction of sp³-hybridized carbons (Fsp3) is 0.556. The van der Waals surface area contributed by atoms with E-state index in [1.54, 1.807) is 18.2 Å². The maximum absolute atomic E-state index is 12.8. The van der Waals surface area contributed by atoms with Gasteiger partial charge in [-0.05, 0) is 50.3 Å². The van der Waals surface area contributed by atoms with Gasteiger partial charge >= 0.3 is 6.03 Å². The first-order chi connectivity index (χ1) is 10.8. The van der Waals surface area contributed by atoms with Gasteiger partial charge in [-0.1, -0.05) is 26.3 Å². The molecule has 0 bridgehead atoms. The highest BCUT2D eigenvalue weighted by Crippen LogP contribution is 2.32. The van der Waals surface area contributed by atoms with E-state index in [0.717, 1.165) is 24.8 Å². The number of carbonyl (C=O) groups excluding carboxylic acids is 2. The second-order valence-electron chi connectivity index (χ2n) is 6.59. The Morgan fingerprint density at radius 2 is 2.00 bits per heavy atom. The minimum absolute atomic E-state index is 0.0926. The number of hydrogen-bond acceptors (Lipinski definition) is 2. The number of hydrogen-bond donors (Lipinski definition) is 2. The summed E-state index contributed by atoms with van der Waals surface area (Å²) < 4.78 is 0. The van der Waals surface area contributed by atoms with Crippen molar-refractivity contribution in [3.05, 3.63) is 29.3 Å². The number of urea groups is 1. The summed E-state index contributed by atoms with van der Waals surface area (Å²) in [5.74, 6) is -0.0491. The number of benzene rings is 1. The smallest absolute Gasteiger partial charge is 0.322 e. The first kappa shape index (κ1) is 17.3. The molecule has 5 heteroatoms. The van der Waals surface area contributed by atoms with Crippen molar-refractivity contribution in [2.24, 2.45) is 11.7 Å². The van der Waals surface area contributed by atoms with E-state index in [2.05, 4.69) is 26.1 Å². The van der Waals surface area contributed by atoms with Gasteiger partial charge in [0, 0.05) is 23.3 Å². The number of aryl methyl sites for hydroxylation is 1. The van der Waals surface area contributed by atoms with E-state index < -0.39 is 5.91 Å². The van der Waals surface area contributed by atoms with E-state index in [9.17, 15) is 9.59 Å². The van der Waals surface area contributed by atoms with Gasteiger partial charge < -0.3 is 16.0 Å². The lowest BCUT2D eigenvalue weighted by Gasteiger charge is -2.33. The third-order valence-electron chi connectivity index (χ3n) is 4.84. The van der Waals surface area contributed by atoms with E-state index in [4.69, 9.17) is 5.73 Å². The molecule has 1 fully saturated rings. The molecule has 0 radical (unpaired) electrons. The molecule has 126 valence electrons. The van der Waals surface area contributed by atoms with Gasteiger partial charge in [-0.3, -0.25) is 4.79 Å². The number of anilines is 1. The molecule has 2 rings (SSSR count). The summed E-state index contributed by atoms with van der Waals surface area (Å²) in [6.45, 7) is 8.33. The topological polar surface area (TPSA) is 75.4 Å². The van der Waals surface area contributed by atoms with Crippen molar-refractivity contribution in [1.29, 1.82) is 0 Å². The van der Waals surface area contributed by atoms with Crippen molar-refractivity contribution < 1.29 is 9.59 Å². The molecule has 0 saturated heterocycles. The molecule has 5 nitrogen and oxygen atoms in total. The summed E-state index contributed by atoms with van der Waals surface area (Å²) in [5, 5.41) is 2.97. The molecular weight excluding hydrogens is 290 g/mol. The first-order valence-electron chi connectivity index (χ1n) is 8.34. The van der Waals surface area contributed by atoms with Crippen LogP contribution in [-0.2, 0) is 0 Å². The quantitative estimate of drug-likeness (QED) is 0.842. The van der Waals surface area contributed by atoms with Crippen LogP contribution >= 0.6 is 0 Å². The van der Waals surface area contributed by atoms with E-state index in [1.807, 2.05) is 11.8 Å². The monoisotopic (exact) mass is 317 g/mol. The number of nitrogens with one attached hydrogen (secondary N) is 1. The summed E-state index contributed by atoms with van der Waals surface area (Å²) >= 11 is 0. The molecule has 3 N–H and O–H groups in total. The first-order valence-corrected chi connectivity index (χ1v) is 8.34. The van der Waals surface area contributed by atoms with Crippen LogP contribution in [0.1, 0.15) is 56.0 Å². The molecule has 0 heterocycles. The van der Waals surface area contributed by atoms with Crippen molar-refractivity contribution in [2.45, 2.75) is 59.0 Å². The van der Waals surface area contributed by atoms with Crippen LogP contribution in [0, 0.1) is 12.8 Å². The molecule has 0 aromatic heterocycles. The molecule has 1 aromatic rings. The Kier molecular flexibility index (Phi) is 5.29. The van der Waals surface area contributed by atoms with Gasteiger partial charge in [0.05, 0.1) is 0 Å². The van der Waals surface area contributed by atoms with E-state index >= 15 is 0 Å². The van der Waals surface area contributed by atoms with Crippen molar-refractivity contribution in [1.82, 2.24) is 4.90 Å². The van der Waals surface area contributed by atoms with Gasteiger partial charge in [0.1, 0.15) is 0 Å². The lowest BCUT2D eigenvalue weighted by Crippen LogP contribution is -2.45. The third-order valence-corrected chi connectivity index (χ3v) is 4.84. The van der Waals surface area contributed by atoms with Crippen LogP contribution in [0.4, 0.5) is 10.5 Å². The molecule has 2 atom stereocenters. The predicted octanol–water partition coefficient (Wildman–Crippen LogP) is 3.52. The van der Waals surface area contributed by atoms with Crippen LogP contribution in [0.15, 0.2) is 18.2 Å². The maximum Gasteiger partial charge on any atom is 0.322 e. The maximum atomic E-state index is 12.8. The minimum Gasteiger partial charge on any atom is -0.366 e. The minimum atomic E-state index is -0.493. The zero-order chi connectivity index (χ0) is 17.1. The molecule has 0 aliphatic heterocycles. The summed E-state index contributed by atoms with van der Waals surface area (Å²) in [6, 6.07) is 5.55. The number of rotatable bonds is 6. The lowest BCUT2D eigenvalue weighted by molar-refractivity contribution is 0.1000. The molecule has 3 amide bonds. The fourth-order valence-electron chi connectivity index (χ4n) is 2.74. The molecular formula is C18H27N3O2. The largest absolute Gasteiger partial charge is 0.366 e. The van der Waals surface area contributed by atoms with Crippen molar-refractivity contribution in [3.63, 3.8) is 0 Å². The van der Waals surface area contributed by atoms with Crippen molar-refractivity contribution >= 4 is 17.6 Å². The van der Waals surface area contributed by atoms with Crippen molar-refractivity contribution in [3.8, 4) is 0 Å². The second-order valence-corrected chi connectivity index (χ2v) is 6.59. The Morgan fingerprint density at radius 1 is 1.35 bits per heavy atom. The number of nitrogens with zero attached hydrogens (tertiary/aromatic N) is 1. The normalized spacial score (nSPS) is 16.5. The van der Waals surface area contributed by atoms with Crippen LogP contribution in [0.2, 0.25) is 0 Å². The van der Waals surface area contributed by atoms with Crippen LogP contribution in [-0.4, -0.2) is 28.9 Å². The third kappa shape index (κ3) is 4.03. The van der Waals surface area contributed by atoms with Crippen molar-refractivity contribution in [2.75, 3.05) is 5.32 Å². The fourth-order valence-corrected chi connectivity index (χ4v) is 2.74. The lowest BCUT2D eigenvalue weighted by atomic mass is 9.99. The molecule has 0 unspecified atom stereocenters. The van der Waals surface area contributed by atoms with Gasteiger partial charge in [0.2, 0.25) is 5.91 Å². The van der Waals surface area contributed by atoms with Gasteiger partial charge in [0.15, 0.2) is 0 Å². The highest BCUT2D eigenvalue weighted by atomic mass is 16.2. The van der Waals surface area contributed by atoms with Crippen LogP contribution < -0.4 is 11.1 Å². The highest BCUT2D eigenvalue weighted by Gasteiger charge is 2.37. The molecule has 1 aliphatic rings. The molecule has 1 aromatic carbocycles. The average molecular weight is 317 g/mol. The standard InChI is InChI=1S/C18H27N3O2/c1-5-11(2)13(4)21(15-8-9-15)18(23)20-16-10-14(17(19)22)7-6-12(16)3/h6-7,10-11,13,15H,5,8-9H2,1-4H3,(H2,19,22)(H,20,23)/t11-,13+/m0/s1. The van der Waals surface area contributed by atoms with Gasteiger partial charge in [-0.15, -0.1) is 0 Å². The highest BCUT2D eigenvalue weighted by molar-refractivity contribution is 5.96. The van der Waals surface area contributed by atoms with Gasteiger partial charge in [0.25, 0.3) is 0 Å². The van der Waals surface area contributed by atoms with Crippen LogP contribution in [0.25, 0.3) is 0 Å². The molecule has 0 spiro atoms. The Balaban J connectivity index is 2.19. The van der Waals surface area contributed by atoms with Gasteiger partial charge in [-0.25, -0.2) is 4.79 Å².